The molecular formula is C15H20O3S. The first-order valence-electron chi connectivity index (χ1n) is 6.75. The average Bonchev–Trinajstić information content (AvgIpc) is 2.68. The fourth-order valence-corrected chi connectivity index (χ4v) is 2.59. The molecule has 1 aliphatic rings. The molecule has 0 fully saturated rings. The Hall–Kier alpha value is -1.16. The van der Waals surface area contributed by atoms with Crippen molar-refractivity contribution >= 4 is 17.5 Å². The molecule has 1 aromatic carbocycles. The molecule has 0 saturated carbocycles. The molecule has 0 aromatic heterocycles. The lowest BCUT2D eigenvalue weighted by Gasteiger charge is -2.10. The molecule has 0 amide bonds. The summed E-state index contributed by atoms with van der Waals surface area (Å²) in [6, 6.07) is 5.47. The molecule has 1 aliphatic heterocycles. The summed E-state index contributed by atoms with van der Waals surface area (Å²) in [7, 11) is 0. The molecule has 1 heterocycles. The first kappa shape index (κ1) is 14.3. The number of thioether (sulfide) groups is 1. The number of carbonyl (C=O) groups is 1. The summed E-state index contributed by atoms with van der Waals surface area (Å²) in [6.45, 7) is 5.60. The normalized spacial score (nSPS) is 15.7. The molecule has 0 spiro atoms. The molecular weight excluding hydrogens is 260 g/mol. The maximum atomic E-state index is 12.1. The van der Waals surface area contributed by atoms with Crippen LogP contribution in [0.1, 0.15) is 37.0 Å². The fourth-order valence-electron chi connectivity index (χ4n) is 1.76. The fraction of sp³-hybridized carbons (Fsp3) is 0.533. The lowest BCUT2D eigenvalue weighted by atomic mass is 10.1. The van der Waals surface area contributed by atoms with E-state index in [9.17, 15) is 4.79 Å². The molecule has 0 aliphatic carbocycles. The van der Waals surface area contributed by atoms with Gasteiger partial charge in [0.05, 0.1) is 19.0 Å². The number of fused-ring (bicyclic) bond motifs is 1. The molecule has 0 bridgehead atoms. The van der Waals surface area contributed by atoms with Crippen LogP contribution in [0.2, 0.25) is 0 Å². The quantitative estimate of drug-likeness (QED) is 0.773. The second-order valence-electron chi connectivity index (χ2n) is 4.67. The molecule has 0 saturated heterocycles. The molecule has 4 heteroatoms. The Morgan fingerprint density at radius 1 is 1.32 bits per heavy atom. The zero-order chi connectivity index (χ0) is 13.7. The summed E-state index contributed by atoms with van der Waals surface area (Å²) in [5, 5.41) is 0.518. The van der Waals surface area contributed by atoms with Gasteiger partial charge in [0.1, 0.15) is 0 Å². The maximum absolute atomic E-state index is 12.1. The van der Waals surface area contributed by atoms with E-state index in [4.69, 9.17) is 9.47 Å². The van der Waals surface area contributed by atoms with Gasteiger partial charge in [0.25, 0.3) is 0 Å². The van der Waals surface area contributed by atoms with Crippen molar-refractivity contribution in [2.45, 2.75) is 31.9 Å². The van der Waals surface area contributed by atoms with Crippen LogP contribution in [0.5, 0.6) is 11.5 Å². The molecule has 104 valence electrons. The Morgan fingerprint density at radius 3 is 2.79 bits per heavy atom. The highest BCUT2D eigenvalue weighted by Crippen LogP contribution is 2.31. The van der Waals surface area contributed by atoms with E-state index in [1.807, 2.05) is 12.1 Å². The predicted octanol–water partition coefficient (Wildman–Crippen LogP) is 3.56. The van der Waals surface area contributed by atoms with Crippen LogP contribution in [0.25, 0.3) is 0 Å². The minimum atomic E-state index is 0.154. The largest absolute Gasteiger partial charge is 0.490 e. The smallest absolute Gasteiger partial charge is 0.172 e. The number of ketones is 1. The number of rotatable bonds is 5. The minimum absolute atomic E-state index is 0.154. The van der Waals surface area contributed by atoms with Crippen LogP contribution in [-0.2, 0) is 0 Å². The second-order valence-corrected chi connectivity index (χ2v) is 6.09. The first-order chi connectivity index (χ1) is 9.20. The van der Waals surface area contributed by atoms with E-state index < -0.39 is 0 Å². The second kappa shape index (κ2) is 6.85. The summed E-state index contributed by atoms with van der Waals surface area (Å²) in [6.07, 6.45) is 1.96. The molecule has 1 atom stereocenters. The highest BCUT2D eigenvalue weighted by molar-refractivity contribution is 8.00. The predicted molar refractivity (Wildman–Crippen MR) is 78.6 cm³/mol. The average molecular weight is 280 g/mol. The van der Waals surface area contributed by atoms with Crippen LogP contribution < -0.4 is 9.47 Å². The highest BCUT2D eigenvalue weighted by Gasteiger charge is 2.14. The minimum Gasteiger partial charge on any atom is -0.490 e. The molecule has 1 unspecified atom stereocenters. The van der Waals surface area contributed by atoms with E-state index in [-0.39, 0.29) is 5.78 Å². The van der Waals surface area contributed by atoms with Gasteiger partial charge < -0.3 is 9.47 Å². The van der Waals surface area contributed by atoms with E-state index >= 15 is 0 Å². The van der Waals surface area contributed by atoms with Crippen LogP contribution in [0, 0.1) is 0 Å². The molecule has 0 radical (unpaired) electrons. The van der Waals surface area contributed by atoms with Crippen LogP contribution in [0.3, 0.4) is 0 Å². The van der Waals surface area contributed by atoms with E-state index in [0.717, 1.165) is 18.6 Å². The van der Waals surface area contributed by atoms with E-state index in [0.29, 0.717) is 35.5 Å². The summed E-state index contributed by atoms with van der Waals surface area (Å²) < 4.78 is 11.2. The van der Waals surface area contributed by atoms with Crippen molar-refractivity contribution in [3.63, 3.8) is 0 Å². The van der Waals surface area contributed by atoms with E-state index in [2.05, 4.69) is 13.8 Å². The third-order valence-corrected chi connectivity index (χ3v) is 4.47. The summed E-state index contributed by atoms with van der Waals surface area (Å²) in [4.78, 5) is 12.1. The SMILES string of the molecule is CCC(C)SCC(=O)c1ccc2c(c1)OCCCO2. The van der Waals surface area contributed by atoms with E-state index in [1.54, 1.807) is 17.8 Å². The van der Waals surface area contributed by atoms with Gasteiger partial charge in [-0.15, -0.1) is 0 Å². The number of carbonyl (C=O) groups excluding carboxylic acids is 1. The summed E-state index contributed by atoms with van der Waals surface area (Å²) in [5.41, 5.74) is 0.708. The Balaban J connectivity index is 2.04. The van der Waals surface area contributed by atoms with Gasteiger partial charge in [-0.3, -0.25) is 4.79 Å². The van der Waals surface area contributed by atoms with Crippen molar-refractivity contribution in [3.05, 3.63) is 23.8 Å². The van der Waals surface area contributed by atoms with Gasteiger partial charge in [-0.1, -0.05) is 13.8 Å². The third-order valence-electron chi connectivity index (χ3n) is 3.14. The van der Waals surface area contributed by atoms with Crippen LogP contribution in [0.15, 0.2) is 18.2 Å². The number of hydrogen-bond acceptors (Lipinski definition) is 4. The van der Waals surface area contributed by atoms with Crippen molar-refractivity contribution in [3.8, 4) is 11.5 Å². The van der Waals surface area contributed by atoms with Crippen LogP contribution in [-0.4, -0.2) is 30.0 Å². The first-order valence-corrected chi connectivity index (χ1v) is 7.80. The van der Waals surface area contributed by atoms with E-state index in [1.165, 1.54) is 0 Å². The lowest BCUT2D eigenvalue weighted by molar-refractivity contribution is 0.102. The Morgan fingerprint density at radius 2 is 2.05 bits per heavy atom. The van der Waals surface area contributed by atoms with Crippen LogP contribution >= 0.6 is 11.8 Å². The Labute approximate surface area is 118 Å². The van der Waals surface area contributed by atoms with Gasteiger partial charge in [-0.05, 0) is 24.6 Å². The Bertz CT molecular complexity index is 445. The zero-order valence-corrected chi connectivity index (χ0v) is 12.3. The van der Waals surface area contributed by atoms with Crippen molar-refractivity contribution in [2.75, 3.05) is 19.0 Å². The van der Waals surface area contributed by atoms with Gasteiger partial charge in [0.15, 0.2) is 17.3 Å². The Kier molecular flexibility index (Phi) is 5.14. The monoisotopic (exact) mass is 280 g/mol. The van der Waals surface area contributed by atoms with Gasteiger partial charge in [0.2, 0.25) is 0 Å². The topological polar surface area (TPSA) is 35.5 Å². The number of hydrogen-bond donors (Lipinski definition) is 0. The number of Topliss-reactive ketones (excluding diaryl/α,β-unsaturated/α-hetero) is 1. The van der Waals surface area contributed by atoms with Gasteiger partial charge in [-0.25, -0.2) is 0 Å². The molecule has 0 N–H and O–H groups in total. The van der Waals surface area contributed by atoms with Crippen molar-refractivity contribution in [1.29, 1.82) is 0 Å². The van der Waals surface area contributed by atoms with Crippen molar-refractivity contribution < 1.29 is 14.3 Å². The van der Waals surface area contributed by atoms with Gasteiger partial charge in [0, 0.05) is 17.2 Å². The van der Waals surface area contributed by atoms with Gasteiger partial charge >= 0.3 is 0 Å². The lowest BCUT2D eigenvalue weighted by Crippen LogP contribution is -2.06. The standard InChI is InChI=1S/C15H20O3S/c1-3-11(2)19-10-13(16)12-5-6-14-15(9-12)18-8-4-7-17-14/h5-6,9,11H,3-4,7-8,10H2,1-2H3. The number of ether oxygens (including phenoxy) is 2. The number of benzene rings is 1. The maximum Gasteiger partial charge on any atom is 0.172 e. The zero-order valence-electron chi connectivity index (χ0n) is 11.5. The highest BCUT2D eigenvalue weighted by atomic mass is 32.2. The van der Waals surface area contributed by atoms with Gasteiger partial charge in [-0.2, -0.15) is 11.8 Å². The third kappa shape index (κ3) is 3.90. The summed E-state index contributed by atoms with van der Waals surface area (Å²) in [5.74, 6) is 2.11. The van der Waals surface area contributed by atoms with Crippen LogP contribution in [0.4, 0.5) is 0 Å². The molecule has 1 aromatic rings. The molecule has 2 rings (SSSR count). The van der Waals surface area contributed by atoms with Crippen molar-refractivity contribution in [2.24, 2.45) is 0 Å². The van der Waals surface area contributed by atoms with Crippen molar-refractivity contribution in [1.82, 2.24) is 0 Å². The summed E-state index contributed by atoms with van der Waals surface area (Å²) >= 11 is 1.70. The molecule has 19 heavy (non-hydrogen) atoms. The molecule has 3 nitrogen and oxygen atoms in total.